The molecule has 0 bridgehead atoms. The molecule has 0 spiro atoms. The highest BCUT2D eigenvalue weighted by molar-refractivity contribution is 5.94. The summed E-state index contributed by atoms with van der Waals surface area (Å²) in [6, 6.07) is 1.62. The third kappa shape index (κ3) is 2.79. The number of nitrogens with one attached hydrogen (secondary N) is 1. The van der Waals surface area contributed by atoms with Gasteiger partial charge in [0.2, 0.25) is 0 Å². The Bertz CT molecular complexity index is 375. The van der Waals surface area contributed by atoms with Crippen LogP contribution in [0.3, 0.4) is 0 Å². The molecule has 1 amide bonds. The lowest BCUT2D eigenvalue weighted by Gasteiger charge is -2.36. The molecule has 1 fully saturated rings. The summed E-state index contributed by atoms with van der Waals surface area (Å²) in [5.41, 5.74) is 0.0388. The summed E-state index contributed by atoms with van der Waals surface area (Å²) in [4.78, 5) is 12.0. The van der Waals surface area contributed by atoms with Crippen molar-refractivity contribution >= 4 is 5.91 Å². The first kappa shape index (κ1) is 12.0. The van der Waals surface area contributed by atoms with E-state index >= 15 is 0 Å². The van der Waals surface area contributed by atoms with Crippen LogP contribution >= 0.6 is 0 Å². The van der Waals surface area contributed by atoms with Crippen LogP contribution < -0.4 is 5.32 Å². The standard InChI is InChI=1S/C12H17N3O2/c16-9-12(5-2-1-3-6-12)15-11(17)10-4-7-13-14-8-10/h4,7-8,16H,1-3,5-6,9H2,(H,15,17). The number of hydrogen-bond acceptors (Lipinski definition) is 4. The number of aliphatic hydroxyl groups excluding tert-OH is 1. The molecule has 0 saturated heterocycles. The Labute approximate surface area is 100 Å². The number of aromatic nitrogens is 2. The summed E-state index contributed by atoms with van der Waals surface area (Å²) in [5, 5.41) is 19.7. The van der Waals surface area contributed by atoms with E-state index in [1.165, 1.54) is 18.8 Å². The first-order valence-corrected chi connectivity index (χ1v) is 5.96. The SMILES string of the molecule is O=C(NC1(CO)CCCCC1)c1ccnnc1. The molecule has 0 aromatic carbocycles. The summed E-state index contributed by atoms with van der Waals surface area (Å²) in [6.07, 6.45) is 7.88. The van der Waals surface area contributed by atoms with E-state index in [-0.39, 0.29) is 12.5 Å². The van der Waals surface area contributed by atoms with Crippen LogP contribution in [0.25, 0.3) is 0 Å². The van der Waals surface area contributed by atoms with Gasteiger partial charge in [-0.3, -0.25) is 4.79 Å². The maximum absolute atomic E-state index is 12.0. The van der Waals surface area contributed by atoms with Crippen molar-refractivity contribution in [2.45, 2.75) is 37.6 Å². The minimum atomic E-state index is -0.446. The van der Waals surface area contributed by atoms with Gasteiger partial charge in [-0.15, -0.1) is 0 Å². The number of aliphatic hydroxyl groups is 1. The summed E-state index contributed by atoms with van der Waals surface area (Å²) < 4.78 is 0. The molecule has 1 aliphatic rings. The van der Waals surface area contributed by atoms with E-state index < -0.39 is 5.54 Å². The lowest BCUT2D eigenvalue weighted by Crippen LogP contribution is -2.52. The predicted octanol–water partition coefficient (Wildman–Crippen LogP) is 0.902. The van der Waals surface area contributed by atoms with Gasteiger partial charge in [0.1, 0.15) is 0 Å². The predicted molar refractivity (Wildman–Crippen MR) is 62.4 cm³/mol. The zero-order valence-electron chi connectivity index (χ0n) is 9.72. The molecule has 1 saturated carbocycles. The van der Waals surface area contributed by atoms with E-state index in [0.29, 0.717) is 5.56 Å². The van der Waals surface area contributed by atoms with Crippen LogP contribution in [-0.2, 0) is 0 Å². The number of rotatable bonds is 3. The lowest BCUT2D eigenvalue weighted by molar-refractivity contribution is 0.0758. The minimum absolute atomic E-state index is 0.00273. The van der Waals surface area contributed by atoms with Gasteiger partial charge in [0.05, 0.1) is 30.1 Å². The molecule has 2 N–H and O–H groups in total. The van der Waals surface area contributed by atoms with Crippen LogP contribution in [0.5, 0.6) is 0 Å². The Balaban J connectivity index is 2.06. The van der Waals surface area contributed by atoms with Crippen molar-refractivity contribution in [3.8, 4) is 0 Å². The fourth-order valence-electron chi connectivity index (χ4n) is 2.29. The number of nitrogens with zero attached hydrogens (tertiary/aromatic N) is 2. The monoisotopic (exact) mass is 235 g/mol. The number of carbonyl (C=O) groups excluding carboxylic acids is 1. The molecular weight excluding hydrogens is 218 g/mol. The second-order valence-corrected chi connectivity index (χ2v) is 4.58. The average Bonchev–Trinajstić information content (AvgIpc) is 2.41. The second-order valence-electron chi connectivity index (χ2n) is 4.58. The highest BCUT2D eigenvalue weighted by Gasteiger charge is 2.33. The maximum Gasteiger partial charge on any atom is 0.253 e. The molecule has 0 atom stereocenters. The Morgan fingerprint density at radius 3 is 2.71 bits per heavy atom. The normalized spacial score (nSPS) is 18.6. The summed E-state index contributed by atoms with van der Waals surface area (Å²) in [6.45, 7) is -0.00273. The summed E-state index contributed by atoms with van der Waals surface area (Å²) in [7, 11) is 0. The summed E-state index contributed by atoms with van der Waals surface area (Å²) >= 11 is 0. The van der Waals surface area contributed by atoms with Crippen LogP contribution in [0, 0.1) is 0 Å². The van der Waals surface area contributed by atoms with Gasteiger partial charge in [-0.25, -0.2) is 0 Å². The van der Waals surface area contributed by atoms with Gasteiger partial charge in [-0.1, -0.05) is 19.3 Å². The molecule has 0 unspecified atom stereocenters. The van der Waals surface area contributed by atoms with Gasteiger partial charge in [0.25, 0.3) is 5.91 Å². The molecule has 1 aromatic heterocycles. The molecule has 92 valence electrons. The quantitative estimate of drug-likeness (QED) is 0.816. The third-order valence-electron chi connectivity index (χ3n) is 3.34. The number of amides is 1. The van der Waals surface area contributed by atoms with Crippen molar-refractivity contribution < 1.29 is 9.90 Å². The topological polar surface area (TPSA) is 75.1 Å². The van der Waals surface area contributed by atoms with Crippen LogP contribution in [0.4, 0.5) is 0 Å². The Hall–Kier alpha value is -1.49. The highest BCUT2D eigenvalue weighted by atomic mass is 16.3. The first-order chi connectivity index (χ1) is 8.26. The fourth-order valence-corrected chi connectivity index (χ4v) is 2.29. The molecule has 1 aromatic rings. The summed E-state index contributed by atoms with van der Waals surface area (Å²) in [5.74, 6) is -0.184. The smallest absolute Gasteiger partial charge is 0.253 e. The molecule has 0 radical (unpaired) electrons. The molecule has 1 heterocycles. The van der Waals surface area contributed by atoms with Crippen molar-refractivity contribution in [3.05, 3.63) is 24.0 Å². The fraction of sp³-hybridized carbons (Fsp3) is 0.583. The van der Waals surface area contributed by atoms with Crippen molar-refractivity contribution in [2.75, 3.05) is 6.61 Å². The maximum atomic E-state index is 12.0. The van der Waals surface area contributed by atoms with Crippen molar-refractivity contribution in [1.29, 1.82) is 0 Å². The molecule has 2 rings (SSSR count). The molecular formula is C12H17N3O2. The highest BCUT2D eigenvalue weighted by Crippen LogP contribution is 2.27. The molecule has 5 heteroatoms. The Morgan fingerprint density at radius 1 is 1.35 bits per heavy atom. The molecule has 1 aliphatic carbocycles. The van der Waals surface area contributed by atoms with Crippen molar-refractivity contribution in [3.63, 3.8) is 0 Å². The van der Waals surface area contributed by atoms with Gasteiger partial charge in [-0.05, 0) is 18.9 Å². The molecule has 17 heavy (non-hydrogen) atoms. The van der Waals surface area contributed by atoms with Crippen LogP contribution in [0.2, 0.25) is 0 Å². The zero-order chi connectivity index (χ0) is 12.1. The van der Waals surface area contributed by atoms with Gasteiger partial charge in [0.15, 0.2) is 0 Å². The Kier molecular flexibility index (Phi) is 3.68. The zero-order valence-corrected chi connectivity index (χ0v) is 9.72. The van der Waals surface area contributed by atoms with Crippen LogP contribution in [-0.4, -0.2) is 33.4 Å². The minimum Gasteiger partial charge on any atom is -0.394 e. The third-order valence-corrected chi connectivity index (χ3v) is 3.34. The molecule has 0 aliphatic heterocycles. The van der Waals surface area contributed by atoms with Crippen molar-refractivity contribution in [1.82, 2.24) is 15.5 Å². The van der Waals surface area contributed by atoms with E-state index in [9.17, 15) is 9.90 Å². The number of hydrogen-bond donors (Lipinski definition) is 2. The molecule has 5 nitrogen and oxygen atoms in total. The van der Waals surface area contributed by atoms with E-state index in [2.05, 4.69) is 15.5 Å². The van der Waals surface area contributed by atoms with E-state index in [0.717, 1.165) is 25.7 Å². The van der Waals surface area contributed by atoms with Crippen LogP contribution in [0.1, 0.15) is 42.5 Å². The van der Waals surface area contributed by atoms with E-state index in [1.807, 2.05) is 0 Å². The first-order valence-electron chi connectivity index (χ1n) is 5.96. The van der Waals surface area contributed by atoms with Crippen LogP contribution in [0.15, 0.2) is 18.5 Å². The second kappa shape index (κ2) is 5.23. The van der Waals surface area contributed by atoms with Gasteiger partial charge in [-0.2, -0.15) is 10.2 Å². The lowest BCUT2D eigenvalue weighted by atomic mass is 9.82. The van der Waals surface area contributed by atoms with Crippen molar-refractivity contribution in [2.24, 2.45) is 0 Å². The number of carbonyl (C=O) groups is 1. The largest absolute Gasteiger partial charge is 0.394 e. The van der Waals surface area contributed by atoms with Gasteiger partial charge >= 0.3 is 0 Å². The van der Waals surface area contributed by atoms with Gasteiger partial charge in [0, 0.05) is 0 Å². The average molecular weight is 235 g/mol. The van der Waals surface area contributed by atoms with Gasteiger partial charge < -0.3 is 10.4 Å². The van der Waals surface area contributed by atoms with E-state index in [1.54, 1.807) is 6.07 Å². The van der Waals surface area contributed by atoms with E-state index in [4.69, 9.17) is 0 Å². The Morgan fingerprint density at radius 2 is 2.12 bits per heavy atom.